The molecule has 0 unspecified atom stereocenters. The second kappa shape index (κ2) is 11.8. The number of carbonyl (C=O) groups is 1. The molecule has 0 aliphatic carbocycles. The molecular formula is C27H39N7O4S. The molecule has 3 aliphatic heterocycles. The number of sulfonamides is 1. The van der Waals surface area contributed by atoms with Crippen LogP contribution in [0.2, 0.25) is 0 Å². The molecule has 1 aromatic heterocycles. The average Bonchev–Trinajstić information content (AvgIpc) is 2.94. The molecule has 2 N–H and O–H groups in total. The lowest BCUT2D eigenvalue weighted by atomic mass is 10.0. The Morgan fingerprint density at radius 2 is 1.69 bits per heavy atom. The maximum Gasteiger partial charge on any atom is 0.249 e. The summed E-state index contributed by atoms with van der Waals surface area (Å²) in [7, 11) is 0.289. The number of hydrogen-bond donors (Lipinski definition) is 2. The highest BCUT2D eigenvalue weighted by Crippen LogP contribution is 2.38. The molecule has 11 nitrogen and oxygen atoms in total. The van der Waals surface area contributed by atoms with E-state index in [0.717, 1.165) is 56.2 Å². The van der Waals surface area contributed by atoms with Crippen LogP contribution in [-0.4, -0.2) is 108 Å². The summed E-state index contributed by atoms with van der Waals surface area (Å²) >= 11 is 0. The Morgan fingerprint density at radius 1 is 1.00 bits per heavy atom. The monoisotopic (exact) mass is 557 g/mol. The first-order valence-electron chi connectivity index (χ1n) is 13.7. The zero-order valence-electron chi connectivity index (χ0n) is 23.0. The van der Waals surface area contributed by atoms with Crippen molar-refractivity contribution in [3.63, 3.8) is 0 Å². The largest absolute Gasteiger partial charge is 0.381 e. The summed E-state index contributed by atoms with van der Waals surface area (Å²) in [6.07, 6.45) is 1.69. The number of rotatable bonds is 8. The van der Waals surface area contributed by atoms with Gasteiger partial charge >= 0.3 is 0 Å². The average molecular weight is 558 g/mol. The molecule has 2 aromatic rings. The van der Waals surface area contributed by atoms with Crippen LogP contribution >= 0.6 is 0 Å². The highest BCUT2D eigenvalue weighted by atomic mass is 32.2. The van der Waals surface area contributed by atoms with Crippen LogP contribution in [-0.2, 0) is 19.6 Å². The van der Waals surface area contributed by atoms with Gasteiger partial charge in [0.25, 0.3) is 0 Å². The van der Waals surface area contributed by atoms with Crippen molar-refractivity contribution >= 4 is 38.9 Å². The fourth-order valence-corrected chi connectivity index (χ4v) is 6.50. The van der Waals surface area contributed by atoms with Crippen LogP contribution in [0.25, 0.3) is 0 Å². The van der Waals surface area contributed by atoms with E-state index >= 15 is 0 Å². The zero-order chi connectivity index (χ0) is 27.6. The number of carbonyl (C=O) groups excluding carboxylic acids is 1. The normalized spacial score (nSPS) is 21.7. The number of pyridine rings is 1. The first kappa shape index (κ1) is 27.8. The fraction of sp³-hybridized carbons (Fsp3) is 0.556. The summed E-state index contributed by atoms with van der Waals surface area (Å²) in [5.41, 5.74) is 1.50. The smallest absolute Gasteiger partial charge is 0.249 e. The Hall–Kier alpha value is -2.77. The fourth-order valence-electron chi connectivity index (χ4n) is 5.47. The Labute approximate surface area is 231 Å². The van der Waals surface area contributed by atoms with Crippen LogP contribution < -0.4 is 19.8 Å². The number of aromatic nitrogens is 1. The van der Waals surface area contributed by atoms with E-state index in [9.17, 15) is 13.2 Å². The van der Waals surface area contributed by atoms with Gasteiger partial charge in [0.2, 0.25) is 15.9 Å². The molecule has 3 aliphatic rings. The molecule has 12 heteroatoms. The zero-order valence-corrected chi connectivity index (χ0v) is 23.8. The maximum absolute atomic E-state index is 12.9. The lowest BCUT2D eigenvalue weighted by Crippen LogP contribution is -2.56. The van der Waals surface area contributed by atoms with E-state index in [4.69, 9.17) is 9.72 Å². The summed E-state index contributed by atoms with van der Waals surface area (Å²) < 4.78 is 33.9. The van der Waals surface area contributed by atoms with Crippen molar-refractivity contribution in [1.29, 1.82) is 0 Å². The third-order valence-corrected chi connectivity index (χ3v) is 9.38. The molecule has 0 radical (unpaired) electrons. The van der Waals surface area contributed by atoms with Crippen molar-refractivity contribution in [1.82, 2.24) is 19.5 Å². The Bertz CT molecular complexity index is 1260. The van der Waals surface area contributed by atoms with Gasteiger partial charge in [0.15, 0.2) is 5.82 Å². The highest BCUT2D eigenvalue weighted by molar-refractivity contribution is 7.89. The molecule has 1 amide bonds. The maximum atomic E-state index is 12.9. The minimum Gasteiger partial charge on any atom is -0.381 e. The van der Waals surface area contributed by atoms with Crippen molar-refractivity contribution in [2.24, 2.45) is 0 Å². The standard InChI is InChI=1S/C27H39N7O4S/c1-20-27(35)32(3)24-8-9-25(30-26(24)34(20)22-10-18-38-19-11-22)29-21-4-6-23(7-5-21)39(36,37)28-12-13-33-16-14-31(2)15-17-33/h4-9,20,22,28H,10-19H2,1-3H3,(H,29,30)/t20-/m1/s1. The van der Waals surface area contributed by atoms with E-state index in [1.54, 1.807) is 36.2 Å². The lowest BCUT2D eigenvalue weighted by molar-refractivity contribution is -0.119. The molecule has 1 atom stereocenters. The summed E-state index contributed by atoms with van der Waals surface area (Å²) in [6, 6.07) is 10.3. The molecule has 1 aromatic carbocycles. The van der Waals surface area contributed by atoms with Gasteiger partial charge in [-0.3, -0.25) is 9.69 Å². The van der Waals surface area contributed by atoms with Gasteiger partial charge in [-0.25, -0.2) is 18.1 Å². The van der Waals surface area contributed by atoms with E-state index < -0.39 is 10.0 Å². The summed E-state index contributed by atoms with van der Waals surface area (Å²) in [4.78, 5) is 26.4. The van der Waals surface area contributed by atoms with Gasteiger partial charge in [-0.15, -0.1) is 0 Å². The number of nitrogens with one attached hydrogen (secondary N) is 2. The SMILES string of the molecule is C[C@@H]1C(=O)N(C)c2ccc(Nc3ccc(S(=O)(=O)NCCN4CCN(C)CC4)cc3)nc2N1C1CCOCC1. The molecular weight excluding hydrogens is 518 g/mol. The van der Waals surface area contributed by atoms with Crippen LogP contribution in [0.3, 0.4) is 0 Å². The minimum atomic E-state index is -3.60. The number of anilines is 4. The van der Waals surface area contributed by atoms with Crippen molar-refractivity contribution in [2.45, 2.75) is 36.7 Å². The Morgan fingerprint density at radius 3 is 2.38 bits per heavy atom. The van der Waals surface area contributed by atoms with Crippen molar-refractivity contribution in [2.75, 3.05) is 81.7 Å². The molecule has 2 saturated heterocycles. The molecule has 2 fully saturated rings. The van der Waals surface area contributed by atoms with E-state index in [0.29, 0.717) is 32.1 Å². The van der Waals surface area contributed by atoms with Gasteiger partial charge < -0.3 is 24.8 Å². The van der Waals surface area contributed by atoms with Crippen LogP contribution in [0.15, 0.2) is 41.3 Å². The van der Waals surface area contributed by atoms with Crippen molar-refractivity contribution in [3.05, 3.63) is 36.4 Å². The summed E-state index contributed by atoms with van der Waals surface area (Å²) in [6.45, 7) is 8.25. The second-order valence-corrected chi connectivity index (χ2v) is 12.3. The van der Waals surface area contributed by atoms with E-state index in [1.165, 1.54) is 0 Å². The third-order valence-electron chi connectivity index (χ3n) is 7.90. The van der Waals surface area contributed by atoms with Crippen LogP contribution in [0.4, 0.5) is 23.0 Å². The Balaban J connectivity index is 1.26. The first-order valence-corrected chi connectivity index (χ1v) is 15.1. The Kier molecular flexibility index (Phi) is 8.38. The number of amides is 1. The van der Waals surface area contributed by atoms with Crippen molar-refractivity contribution < 1.29 is 17.9 Å². The highest BCUT2D eigenvalue weighted by Gasteiger charge is 2.39. The first-order chi connectivity index (χ1) is 18.7. The van der Waals surface area contributed by atoms with Gasteiger partial charge in [-0.1, -0.05) is 0 Å². The number of ether oxygens (including phenoxy) is 1. The predicted octanol–water partition coefficient (Wildman–Crippen LogP) is 1.70. The number of piperazine rings is 1. The van der Waals surface area contributed by atoms with Gasteiger partial charge in [0, 0.05) is 71.3 Å². The number of likely N-dealkylation sites (N-methyl/N-ethyl adjacent to an activating group) is 2. The third kappa shape index (κ3) is 6.20. The summed E-state index contributed by atoms with van der Waals surface area (Å²) in [5.74, 6) is 1.44. The van der Waals surface area contributed by atoms with Crippen LogP contribution in [0.1, 0.15) is 19.8 Å². The molecule has 5 rings (SSSR count). The number of hydrogen-bond acceptors (Lipinski definition) is 9. The predicted molar refractivity (Wildman–Crippen MR) is 152 cm³/mol. The summed E-state index contributed by atoms with van der Waals surface area (Å²) in [5, 5.41) is 3.30. The van der Waals surface area contributed by atoms with Crippen LogP contribution in [0.5, 0.6) is 0 Å². The molecule has 4 heterocycles. The molecule has 0 spiro atoms. The molecule has 0 bridgehead atoms. The van der Waals surface area contributed by atoms with Crippen LogP contribution in [0, 0.1) is 0 Å². The molecule has 39 heavy (non-hydrogen) atoms. The van der Waals surface area contributed by atoms with Gasteiger partial charge in [0.05, 0.1) is 10.6 Å². The quantitative estimate of drug-likeness (QED) is 0.501. The van der Waals surface area contributed by atoms with E-state index in [1.807, 2.05) is 19.1 Å². The van der Waals surface area contributed by atoms with Gasteiger partial charge in [-0.05, 0) is 63.2 Å². The molecule has 0 saturated carbocycles. The lowest BCUT2D eigenvalue weighted by Gasteiger charge is -2.44. The number of nitrogens with zero attached hydrogens (tertiary/aromatic N) is 5. The van der Waals surface area contributed by atoms with E-state index in [2.05, 4.69) is 31.8 Å². The van der Waals surface area contributed by atoms with Gasteiger partial charge in [0.1, 0.15) is 11.9 Å². The number of benzene rings is 1. The van der Waals surface area contributed by atoms with Gasteiger partial charge in [-0.2, -0.15) is 0 Å². The van der Waals surface area contributed by atoms with E-state index in [-0.39, 0.29) is 22.9 Å². The minimum absolute atomic E-state index is 0.0467. The topological polar surface area (TPSA) is 110 Å². The second-order valence-electron chi connectivity index (χ2n) is 10.6. The number of fused-ring (bicyclic) bond motifs is 1. The van der Waals surface area contributed by atoms with Crippen molar-refractivity contribution in [3.8, 4) is 0 Å². The molecule has 212 valence electrons.